The predicted octanol–water partition coefficient (Wildman–Crippen LogP) is 1.41. The molecule has 21 heavy (non-hydrogen) atoms. The number of nitrogens with zero attached hydrogens (tertiary/aromatic N) is 2. The molecule has 0 aromatic carbocycles. The number of aromatic nitrogens is 2. The summed E-state index contributed by atoms with van der Waals surface area (Å²) in [6, 6.07) is 4.86. The molecule has 2 aromatic rings. The summed E-state index contributed by atoms with van der Waals surface area (Å²) in [5.74, 6) is -0.712. The van der Waals surface area contributed by atoms with Gasteiger partial charge in [-0.15, -0.1) is 0 Å². The molecule has 0 radical (unpaired) electrons. The van der Waals surface area contributed by atoms with E-state index in [1.54, 1.807) is 19.1 Å². The molecule has 1 amide bonds. The average molecular weight is 287 g/mol. The fraction of sp³-hybridized carbons (Fsp3) is 0.143. The van der Waals surface area contributed by atoms with Gasteiger partial charge in [-0.3, -0.25) is 9.78 Å². The Morgan fingerprint density at radius 2 is 2.24 bits per heavy atom. The Labute approximate surface area is 120 Å². The van der Waals surface area contributed by atoms with Crippen molar-refractivity contribution in [3.63, 3.8) is 0 Å². The van der Waals surface area contributed by atoms with Crippen LogP contribution in [0.3, 0.4) is 0 Å². The number of carboxylic acids is 1. The molecular weight excluding hydrogens is 274 g/mol. The number of rotatable bonds is 5. The monoisotopic (exact) mass is 287 g/mol. The first-order valence-corrected chi connectivity index (χ1v) is 6.12. The van der Waals surface area contributed by atoms with Crippen LogP contribution in [0.5, 0.6) is 0 Å². The Morgan fingerprint density at radius 1 is 1.43 bits per heavy atom. The standard InChI is InChI=1S/C14H13N3O4/c1-9-6-11(17-21-9)8-16-14(20)12-4-2-10(7-15-12)3-5-13(18)19/h2-7H,8H2,1H3,(H,16,20)(H,18,19). The third-order valence-electron chi connectivity index (χ3n) is 2.54. The van der Waals surface area contributed by atoms with E-state index in [4.69, 9.17) is 9.63 Å². The van der Waals surface area contributed by atoms with Gasteiger partial charge in [-0.05, 0) is 24.6 Å². The van der Waals surface area contributed by atoms with Crippen LogP contribution in [-0.2, 0) is 11.3 Å². The molecule has 0 atom stereocenters. The van der Waals surface area contributed by atoms with Gasteiger partial charge in [0.1, 0.15) is 17.1 Å². The summed E-state index contributed by atoms with van der Waals surface area (Å²) in [4.78, 5) is 26.2. The molecule has 0 spiro atoms. The summed E-state index contributed by atoms with van der Waals surface area (Å²) < 4.78 is 4.89. The van der Waals surface area contributed by atoms with Crippen molar-refractivity contribution < 1.29 is 19.2 Å². The normalized spacial score (nSPS) is 10.7. The lowest BCUT2D eigenvalue weighted by atomic mass is 10.2. The Hall–Kier alpha value is -2.96. The van der Waals surface area contributed by atoms with Crippen LogP contribution in [-0.4, -0.2) is 27.1 Å². The number of aryl methyl sites for hydroxylation is 1. The van der Waals surface area contributed by atoms with E-state index in [0.29, 0.717) is 17.0 Å². The van der Waals surface area contributed by atoms with Crippen LogP contribution in [0.25, 0.3) is 6.08 Å². The predicted molar refractivity (Wildman–Crippen MR) is 73.3 cm³/mol. The second kappa shape index (κ2) is 6.47. The highest BCUT2D eigenvalue weighted by Crippen LogP contribution is 2.04. The molecular formula is C14H13N3O4. The van der Waals surface area contributed by atoms with Crippen molar-refractivity contribution in [1.82, 2.24) is 15.5 Å². The third kappa shape index (κ3) is 4.27. The number of amides is 1. The Morgan fingerprint density at radius 3 is 2.81 bits per heavy atom. The Balaban J connectivity index is 1.95. The zero-order chi connectivity index (χ0) is 15.2. The fourth-order valence-electron chi connectivity index (χ4n) is 1.57. The van der Waals surface area contributed by atoms with E-state index in [1.165, 1.54) is 18.3 Å². The van der Waals surface area contributed by atoms with Crippen molar-refractivity contribution >= 4 is 18.0 Å². The van der Waals surface area contributed by atoms with Crippen molar-refractivity contribution in [3.05, 3.63) is 53.2 Å². The van der Waals surface area contributed by atoms with Gasteiger partial charge in [0, 0.05) is 18.3 Å². The lowest BCUT2D eigenvalue weighted by Crippen LogP contribution is -2.23. The fourth-order valence-corrected chi connectivity index (χ4v) is 1.57. The van der Waals surface area contributed by atoms with E-state index in [0.717, 1.165) is 6.08 Å². The van der Waals surface area contributed by atoms with Crippen LogP contribution in [0.1, 0.15) is 27.5 Å². The van der Waals surface area contributed by atoms with Gasteiger partial charge in [0.15, 0.2) is 0 Å². The lowest BCUT2D eigenvalue weighted by molar-refractivity contribution is -0.131. The van der Waals surface area contributed by atoms with Crippen LogP contribution in [0, 0.1) is 6.92 Å². The average Bonchev–Trinajstić information content (AvgIpc) is 2.89. The van der Waals surface area contributed by atoms with E-state index in [1.807, 2.05) is 0 Å². The zero-order valence-electron chi connectivity index (χ0n) is 11.2. The minimum atomic E-state index is -1.04. The van der Waals surface area contributed by atoms with Crippen LogP contribution >= 0.6 is 0 Å². The Bertz CT molecular complexity index is 674. The summed E-state index contributed by atoms with van der Waals surface area (Å²) >= 11 is 0. The molecule has 0 saturated carbocycles. The van der Waals surface area contributed by atoms with Gasteiger partial charge in [0.05, 0.1) is 6.54 Å². The highest BCUT2D eigenvalue weighted by atomic mass is 16.5. The van der Waals surface area contributed by atoms with E-state index >= 15 is 0 Å². The maximum Gasteiger partial charge on any atom is 0.328 e. The number of aliphatic carboxylic acids is 1. The third-order valence-corrected chi connectivity index (χ3v) is 2.54. The number of carboxylic acid groups (broad SMARTS) is 1. The number of nitrogens with one attached hydrogen (secondary N) is 1. The number of carbonyl (C=O) groups excluding carboxylic acids is 1. The van der Waals surface area contributed by atoms with E-state index < -0.39 is 5.97 Å². The molecule has 108 valence electrons. The minimum absolute atomic E-state index is 0.239. The summed E-state index contributed by atoms with van der Waals surface area (Å²) in [6.07, 6.45) is 3.83. The van der Waals surface area contributed by atoms with Crippen molar-refractivity contribution in [3.8, 4) is 0 Å². The maximum atomic E-state index is 11.9. The second-order valence-electron chi connectivity index (χ2n) is 4.26. The van der Waals surface area contributed by atoms with Crippen molar-refractivity contribution in [2.75, 3.05) is 0 Å². The molecule has 0 aliphatic rings. The topological polar surface area (TPSA) is 105 Å². The van der Waals surface area contributed by atoms with Crippen LogP contribution in [0.4, 0.5) is 0 Å². The van der Waals surface area contributed by atoms with Gasteiger partial charge in [-0.25, -0.2) is 4.79 Å². The maximum absolute atomic E-state index is 11.9. The van der Waals surface area contributed by atoms with Crippen LogP contribution in [0.2, 0.25) is 0 Å². The molecule has 0 saturated heterocycles. The lowest BCUT2D eigenvalue weighted by Gasteiger charge is -2.02. The van der Waals surface area contributed by atoms with Gasteiger partial charge in [-0.1, -0.05) is 11.2 Å². The molecule has 2 N–H and O–H groups in total. The Kier molecular flexibility index (Phi) is 4.45. The number of hydrogen-bond acceptors (Lipinski definition) is 5. The number of pyridine rings is 1. The summed E-state index contributed by atoms with van der Waals surface area (Å²) in [5.41, 5.74) is 1.46. The SMILES string of the molecule is Cc1cc(CNC(=O)c2ccc(C=CC(=O)O)cn2)no1. The summed E-state index contributed by atoms with van der Waals surface area (Å²) in [5, 5.41) is 14.9. The number of hydrogen-bond donors (Lipinski definition) is 2. The molecule has 7 heteroatoms. The molecule has 0 aliphatic heterocycles. The van der Waals surface area contributed by atoms with Gasteiger partial charge >= 0.3 is 5.97 Å². The van der Waals surface area contributed by atoms with Crippen molar-refractivity contribution in [1.29, 1.82) is 0 Å². The van der Waals surface area contributed by atoms with Crippen LogP contribution in [0.15, 0.2) is 35.0 Å². The smallest absolute Gasteiger partial charge is 0.328 e. The molecule has 2 aromatic heterocycles. The van der Waals surface area contributed by atoms with Gasteiger partial charge in [0.2, 0.25) is 0 Å². The highest BCUT2D eigenvalue weighted by molar-refractivity contribution is 5.92. The molecule has 2 rings (SSSR count). The first-order valence-electron chi connectivity index (χ1n) is 6.12. The second-order valence-corrected chi connectivity index (χ2v) is 4.26. The van der Waals surface area contributed by atoms with E-state index in [2.05, 4.69) is 15.5 Å². The molecule has 0 bridgehead atoms. The van der Waals surface area contributed by atoms with Gasteiger partial charge in [0.25, 0.3) is 5.91 Å². The van der Waals surface area contributed by atoms with Crippen LogP contribution < -0.4 is 5.32 Å². The highest BCUT2D eigenvalue weighted by Gasteiger charge is 2.08. The minimum Gasteiger partial charge on any atom is -0.478 e. The molecule has 0 fully saturated rings. The molecule has 0 aliphatic carbocycles. The van der Waals surface area contributed by atoms with E-state index in [9.17, 15) is 9.59 Å². The molecule has 0 unspecified atom stereocenters. The molecule has 7 nitrogen and oxygen atoms in total. The summed E-state index contributed by atoms with van der Waals surface area (Å²) in [7, 11) is 0. The zero-order valence-corrected chi connectivity index (χ0v) is 11.2. The largest absolute Gasteiger partial charge is 0.478 e. The first-order chi connectivity index (χ1) is 10.0. The molecule has 2 heterocycles. The van der Waals surface area contributed by atoms with E-state index in [-0.39, 0.29) is 18.1 Å². The first kappa shape index (κ1) is 14.4. The van der Waals surface area contributed by atoms with Gasteiger partial charge in [-0.2, -0.15) is 0 Å². The quantitative estimate of drug-likeness (QED) is 0.805. The number of carbonyl (C=O) groups is 2. The van der Waals surface area contributed by atoms with Crippen molar-refractivity contribution in [2.24, 2.45) is 0 Å². The van der Waals surface area contributed by atoms with Crippen molar-refractivity contribution in [2.45, 2.75) is 13.5 Å². The van der Waals surface area contributed by atoms with Gasteiger partial charge < -0.3 is 14.9 Å². The summed E-state index contributed by atoms with van der Waals surface area (Å²) in [6.45, 7) is 2.02.